The molecule has 0 spiro atoms. The highest BCUT2D eigenvalue weighted by atomic mass is 28.4. The quantitative estimate of drug-likeness (QED) is 0.219. The van der Waals surface area contributed by atoms with Crippen LogP contribution in [0.4, 0.5) is 0 Å². The molecule has 0 bridgehead atoms. The minimum Gasteiger partial charge on any atom is -0.408 e. The van der Waals surface area contributed by atoms with Gasteiger partial charge in [0.25, 0.3) is 0 Å². The molecule has 28 heavy (non-hydrogen) atoms. The Hall–Kier alpha value is -0.416. The molecule has 5 atom stereocenters. The lowest BCUT2D eigenvalue weighted by atomic mass is 10.1. The van der Waals surface area contributed by atoms with Gasteiger partial charge in [0.05, 0.1) is 12.1 Å². The van der Waals surface area contributed by atoms with Crippen LogP contribution in [0.1, 0.15) is 48.5 Å². The van der Waals surface area contributed by atoms with E-state index in [1.54, 1.807) is 7.11 Å². The van der Waals surface area contributed by atoms with Crippen LogP contribution in [0, 0.1) is 0 Å². The van der Waals surface area contributed by atoms with Crippen LogP contribution in [0.3, 0.4) is 0 Å². The Bertz CT molecular complexity index is 581. The number of hydrogen-bond donors (Lipinski definition) is 0. The van der Waals surface area contributed by atoms with Gasteiger partial charge in [-0.2, -0.15) is 0 Å². The molecule has 1 saturated heterocycles. The highest BCUT2D eigenvalue weighted by Gasteiger charge is 2.54. The number of nitrogens with zero attached hydrogens (tertiary/aromatic N) is 3. The second kappa shape index (κ2) is 8.75. The summed E-state index contributed by atoms with van der Waals surface area (Å²) in [7, 11) is -2.60. The minimum absolute atomic E-state index is 0.0337. The molecule has 0 amide bonds. The second-order valence-electron chi connectivity index (χ2n) is 10.8. The molecule has 1 rings (SSSR count). The third-order valence-corrected chi connectivity index (χ3v) is 15.6. The number of methoxy groups -OCH3 is 1. The summed E-state index contributed by atoms with van der Waals surface area (Å²) in [6.07, 6.45) is -1.67. The van der Waals surface area contributed by atoms with Crippen molar-refractivity contribution in [3.8, 4) is 0 Å². The summed E-state index contributed by atoms with van der Waals surface area (Å²) in [6.45, 7) is 24.0. The lowest BCUT2D eigenvalue weighted by Gasteiger charge is -2.44. The van der Waals surface area contributed by atoms with E-state index in [1.807, 2.05) is 6.92 Å². The molecule has 0 aromatic rings. The standard InChI is InChI=1S/C19H41N3O4Si2/c1-13(21-22-20)14-15(25-27(9,10)18(2,3)4)16(17(23-8)24-14)26-28(11,12)19(5,6)7/h13-17H,1-12H3/t13-,14+,15+,16-,17-/m0/s1. The second-order valence-corrected chi connectivity index (χ2v) is 20.3. The zero-order valence-corrected chi connectivity index (χ0v) is 21.9. The predicted molar refractivity (Wildman–Crippen MR) is 118 cm³/mol. The fourth-order valence-corrected chi connectivity index (χ4v) is 5.25. The van der Waals surface area contributed by atoms with Gasteiger partial charge in [-0.1, -0.05) is 53.6 Å². The van der Waals surface area contributed by atoms with Crippen molar-refractivity contribution in [1.82, 2.24) is 0 Å². The molecule has 0 aromatic heterocycles. The van der Waals surface area contributed by atoms with E-state index in [-0.39, 0.29) is 28.3 Å². The van der Waals surface area contributed by atoms with Crippen LogP contribution in [-0.4, -0.2) is 54.4 Å². The van der Waals surface area contributed by atoms with Crippen LogP contribution < -0.4 is 0 Å². The van der Waals surface area contributed by atoms with Crippen LogP contribution in [0.2, 0.25) is 36.3 Å². The van der Waals surface area contributed by atoms with E-state index >= 15 is 0 Å². The molecule has 0 radical (unpaired) electrons. The largest absolute Gasteiger partial charge is 0.408 e. The minimum atomic E-state index is -2.12. The van der Waals surface area contributed by atoms with Crippen molar-refractivity contribution in [3.63, 3.8) is 0 Å². The fourth-order valence-electron chi connectivity index (χ4n) is 2.67. The summed E-state index contributed by atoms with van der Waals surface area (Å²) in [5.41, 5.74) is 8.94. The molecule has 1 aliphatic rings. The smallest absolute Gasteiger partial charge is 0.192 e. The summed E-state index contributed by atoms with van der Waals surface area (Å²) in [4.78, 5) is 2.98. The van der Waals surface area contributed by atoms with Crippen molar-refractivity contribution in [2.24, 2.45) is 5.11 Å². The topological polar surface area (TPSA) is 85.7 Å². The maximum absolute atomic E-state index is 8.94. The lowest BCUT2D eigenvalue weighted by Crippen LogP contribution is -2.55. The van der Waals surface area contributed by atoms with Gasteiger partial charge in [0.1, 0.15) is 12.2 Å². The van der Waals surface area contributed by atoms with E-state index in [1.165, 1.54) is 0 Å². The molecule has 9 heteroatoms. The first-order valence-electron chi connectivity index (χ1n) is 10.1. The maximum Gasteiger partial charge on any atom is 0.192 e. The van der Waals surface area contributed by atoms with E-state index in [0.29, 0.717) is 0 Å². The molecule has 1 fully saturated rings. The molecule has 1 heterocycles. The van der Waals surface area contributed by atoms with Gasteiger partial charge in [0.15, 0.2) is 22.9 Å². The molecule has 164 valence electrons. The Balaban J connectivity index is 3.35. The third-order valence-electron chi connectivity index (χ3n) is 6.62. The highest BCUT2D eigenvalue weighted by molar-refractivity contribution is 6.74. The van der Waals surface area contributed by atoms with Gasteiger partial charge in [-0.25, -0.2) is 0 Å². The van der Waals surface area contributed by atoms with Crippen LogP contribution in [0.5, 0.6) is 0 Å². The number of rotatable bonds is 7. The first kappa shape index (κ1) is 25.6. The van der Waals surface area contributed by atoms with Crippen molar-refractivity contribution < 1.29 is 18.3 Å². The predicted octanol–water partition coefficient (Wildman–Crippen LogP) is 5.84. The van der Waals surface area contributed by atoms with Crippen LogP contribution >= 0.6 is 0 Å². The molecule has 0 unspecified atom stereocenters. The van der Waals surface area contributed by atoms with E-state index in [0.717, 1.165) is 0 Å². The van der Waals surface area contributed by atoms with Crippen molar-refractivity contribution >= 4 is 16.6 Å². The van der Waals surface area contributed by atoms with Gasteiger partial charge in [-0.15, -0.1) is 0 Å². The van der Waals surface area contributed by atoms with Crippen molar-refractivity contribution in [1.29, 1.82) is 0 Å². The molecule has 1 aliphatic heterocycles. The molecule has 0 aliphatic carbocycles. The van der Waals surface area contributed by atoms with E-state index in [4.69, 9.17) is 23.9 Å². The third kappa shape index (κ3) is 5.59. The Labute approximate surface area is 173 Å². The van der Waals surface area contributed by atoms with Gasteiger partial charge in [-0.05, 0) is 41.8 Å². The summed E-state index contributed by atoms with van der Waals surface area (Å²) >= 11 is 0. The number of ether oxygens (including phenoxy) is 2. The SMILES string of the molecule is CO[C@H]1O[C@H]([C@H](C)N=[N+]=[N-])[C@@H](O[Si](C)(C)C(C)(C)C)[C@@H]1O[Si](C)(C)C(C)(C)C. The van der Waals surface area contributed by atoms with Crippen LogP contribution in [0.25, 0.3) is 10.4 Å². The number of azide groups is 1. The van der Waals surface area contributed by atoms with Crippen molar-refractivity contribution in [2.45, 2.75) is 115 Å². The molecule has 0 N–H and O–H groups in total. The summed E-state index contributed by atoms with van der Waals surface area (Å²) < 4.78 is 25.4. The van der Waals surface area contributed by atoms with E-state index in [9.17, 15) is 0 Å². The Kier molecular flexibility index (Phi) is 8.01. The molecular formula is C19H41N3O4Si2. The lowest BCUT2D eigenvalue weighted by molar-refractivity contribution is -0.147. The summed E-state index contributed by atoms with van der Waals surface area (Å²) in [6, 6.07) is -0.384. The van der Waals surface area contributed by atoms with Crippen molar-refractivity contribution in [3.05, 3.63) is 10.4 Å². The van der Waals surface area contributed by atoms with Crippen LogP contribution in [-0.2, 0) is 18.3 Å². The van der Waals surface area contributed by atoms with Gasteiger partial charge < -0.3 is 18.3 Å². The Morgan fingerprint density at radius 2 is 1.36 bits per heavy atom. The molecular weight excluding hydrogens is 390 g/mol. The van der Waals surface area contributed by atoms with Gasteiger partial charge in [0.2, 0.25) is 0 Å². The Morgan fingerprint density at radius 3 is 1.71 bits per heavy atom. The Morgan fingerprint density at radius 1 is 0.929 bits per heavy atom. The van der Waals surface area contributed by atoms with Crippen molar-refractivity contribution in [2.75, 3.05) is 7.11 Å². The highest BCUT2D eigenvalue weighted by Crippen LogP contribution is 2.44. The normalized spacial score (nSPS) is 28.1. The summed E-state index contributed by atoms with van der Waals surface area (Å²) in [5.74, 6) is 0. The van der Waals surface area contributed by atoms with Crippen LogP contribution in [0.15, 0.2) is 5.11 Å². The van der Waals surface area contributed by atoms with Gasteiger partial charge >= 0.3 is 0 Å². The molecule has 0 aromatic carbocycles. The monoisotopic (exact) mass is 431 g/mol. The first-order chi connectivity index (χ1) is 12.5. The van der Waals surface area contributed by atoms with E-state index in [2.05, 4.69) is 77.8 Å². The number of hydrogen-bond acceptors (Lipinski definition) is 5. The van der Waals surface area contributed by atoms with Gasteiger partial charge in [-0.3, -0.25) is 0 Å². The average Bonchev–Trinajstić information content (AvgIpc) is 2.82. The maximum atomic E-state index is 8.94. The van der Waals surface area contributed by atoms with Gasteiger partial charge in [0, 0.05) is 12.0 Å². The summed E-state index contributed by atoms with van der Waals surface area (Å²) in [5, 5.41) is 3.97. The average molecular weight is 432 g/mol. The molecule has 0 saturated carbocycles. The fraction of sp³-hybridized carbons (Fsp3) is 1.00. The molecule has 7 nitrogen and oxygen atoms in total. The zero-order valence-electron chi connectivity index (χ0n) is 19.9. The first-order valence-corrected chi connectivity index (χ1v) is 15.9. The van der Waals surface area contributed by atoms with E-state index < -0.39 is 29.0 Å². The zero-order chi connectivity index (χ0) is 22.1.